The topological polar surface area (TPSA) is 50.2 Å². The molecule has 4 aromatic rings. The van der Waals surface area contributed by atoms with E-state index in [0.29, 0.717) is 42.9 Å². The molecule has 1 N–H and O–H groups in total. The molecule has 0 unspecified atom stereocenters. The smallest absolute Gasteiger partial charge is 0.282 e. The molecular formula is C16H8Cl3N3O. The van der Waals surface area contributed by atoms with Gasteiger partial charge in [-0.05, 0) is 36.4 Å². The fourth-order valence-electron chi connectivity index (χ4n) is 2.51. The minimum absolute atomic E-state index is 0.221. The molecule has 114 valence electrons. The van der Waals surface area contributed by atoms with E-state index in [-0.39, 0.29) is 5.56 Å². The fraction of sp³-hybridized carbons (Fsp3) is 0. The number of hydrogen-bond acceptors (Lipinski definition) is 2. The third kappa shape index (κ3) is 2.39. The van der Waals surface area contributed by atoms with E-state index in [0.717, 1.165) is 0 Å². The Morgan fingerprint density at radius 1 is 0.957 bits per heavy atom. The van der Waals surface area contributed by atoms with Crippen molar-refractivity contribution in [2.24, 2.45) is 0 Å². The molecule has 2 heterocycles. The normalized spacial score (nSPS) is 11.4. The summed E-state index contributed by atoms with van der Waals surface area (Å²) in [6.07, 6.45) is 0. The highest BCUT2D eigenvalue weighted by Crippen LogP contribution is 2.30. The van der Waals surface area contributed by atoms with Crippen LogP contribution in [0.2, 0.25) is 15.1 Å². The SMILES string of the molecule is O=c1c2ccc(Cl)cc2[nH]c2cc(-c3ccc(Cl)cc3Cl)nn12. The predicted molar refractivity (Wildman–Crippen MR) is 93.8 cm³/mol. The molecule has 7 heteroatoms. The highest BCUT2D eigenvalue weighted by molar-refractivity contribution is 6.36. The van der Waals surface area contributed by atoms with Gasteiger partial charge in [-0.3, -0.25) is 4.79 Å². The molecular weight excluding hydrogens is 357 g/mol. The average Bonchev–Trinajstić information content (AvgIpc) is 2.91. The maximum absolute atomic E-state index is 12.6. The number of aromatic nitrogens is 3. The third-order valence-electron chi connectivity index (χ3n) is 3.58. The van der Waals surface area contributed by atoms with E-state index >= 15 is 0 Å². The van der Waals surface area contributed by atoms with Crippen LogP contribution in [-0.2, 0) is 0 Å². The number of aromatic amines is 1. The Balaban J connectivity index is 2.02. The summed E-state index contributed by atoms with van der Waals surface area (Å²) in [5.74, 6) is 0. The van der Waals surface area contributed by atoms with Gasteiger partial charge in [-0.1, -0.05) is 34.8 Å². The summed E-state index contributed by atoms with van der Waals surface area (Å²) in [6.45, 7) is 0. The molecule has 0 aliphatic heterocycles. The highest BCUT2D eigenvalue weighted by Gasteiger charge is 2.12. The van der Waals surface area contributed by atoms with E-state index in [4.69, 9.17) is 34.8 Å². The van der Waals surface area contributed by atoms with Crippen molar-refractivity contribution in [1.82, 2.24) is 14.6 Å². The van der Waals surface area contributed by atoms with Gasteiger partial charge in [0.1, 0.15) is 5.65 Å². The molecule has 0 fully saturated rings. The van der Waals surface area contributed by atoms with Gasteiger partial charge in [0, 0.05) is 21.7 Å². The molecule has 0 spiro atoms. The van der Waals surface area contributed by atoms with E-state index in [1.165, 1.54) is 4.52 Å². The number of halogens is 3. The Labute approximate surface area is 145 Å². The van der Waals surface area contributed by atoms with Gasteiger partial charge >= 0.3 is 0 Å². The molecule has 0 radical (unpaired) electrons. The molecule has 0 bridgehead atoms. The second-order valence-electron chi connectivity index (χ2n) is 5.07. The summed E-state index contributed by atoms with van der Waals surface area (Å²) in [6, 6.07) is 12.0. The van der Waals surface area contributed by atoms with Crippen molar-refractivity contribution in [3.05, 3.63) is 67.9 Å². The van der Waals surface area contributed by atoms with Crippen LogP contribution in [0.25, 0.3) is 27.8 Å². The van der Waals surface area contributed by atoms with Crippen molar-refractivity contribution in [3.63, 3.8) is 0 Å². The van der Waals surface area contributed by atoms with Crippen LogP contribution in [0, 0.1) is 0 Å². The van der Waals surface area contributed by atoms with Crippen LogP contribution in [-0.4, -0.2) is 14.6 Å². The van der Waals surface area contributed by atoms with Crippen molar-refractivity contribution < 1.29 is 0 Å². The zero-order chi connectivity index (χ0) is 16.1. The van der Waals surface area contributed by atoms with Gasteiger partial charge in [-0.25, -0.2) is 0 Å². The average molecular weight is 365 g/mol. The monoisotopic (exact) mass is 363 g/mol. The van der Waals surface area contributed by atoms with Crippen molar-refractivity contribution in [2.45, 2.75) is 0 Å². The lowest BCUT2D eigenvalue weighted by Crippen LogP contribution is -2.15. The predicted octanol–water partition coefficient (Wildman–Crippen LogP) is 4.80. The van der Waals surface area contributed by atoms with Crippen molar-refractivity contribution in [3.8, 4) is 11.3 Å². The first-order chi connectivity index (χ1) is 11.0. The lowest BCUT2D eigenvalue weighted by molar-refractivity contribution is 0.919. The van der Waals surface area contributed by atoms with E-state index in [1.807, 2.05) is 0 Å². The fourth-order valence-corrected chi connectivity index (χ4v) is 3.19. The Kier molecular flexibility index (Phi) is 3.34. The van der Waals surface area contributed by atoms with Crippen molar-refractivity contribution in [1.29, 1.82) is 0 Å². The highest BCUT2D eigenvalue weighted by atomic mass is 35.5. The van der Waals surface area contributed by atoms with Gasteiger partial charge in [0.25, 0.3) is 5.56 Å². The summed E-state index contributed by atoms with van der Waals surface area (Å²) in [7, 11) is 0. The molecule has 4 rings (SSSR count). The number of fused-ring (bicyclic) bond motifs is 2. The zero-order valence-electron chi connectivity index (χ0n) is 11.5. The van der Waals surface area contributed by atoms with E-state index < -0.39 is 0 Å². The largest absolute Gasteiger partial charge is 0.339 e. The van der Waals surface area contributed by atoms with Gasteiger partial charge in [-0.2, -0.15) is 9.61 Å². The van der Waals surface area contributed by atoms with Crippen LogP contribution in [0.4, 0.5) is 0 Å². The Morgan fingerprint density at radius 2 is 1.70 bits per heavy atom. The summed E-state index contributed by atoms with van der Waals surface area (Å²) >= 11 is 18.1. The van der Waals surface area contributed by atoms with Gasteiger partial charge in [0.05, 0.1) is 21.6 Å². The maximum Gasteiger partial charge on any atom is 0.282 e. The number of nitrogens with zero attached hydrogens (tertiary/aromatic N) is 2. The Bertz CT molecular complexity index is 1130. The van der Waals surface area contributed by atoms with Crippen molar-refractivity contribution >= 4 is 51.4 Å². The zero-order valence-corrected chi connectivity index (χ0v) is 13.7. The van der Waals surface area contributed by atoms with E-state index in [9.17, 15) is 4.79 Å². The van der Waals surface area contributed by atoms with Gasteiger partial charge in [0.2, 0.25) is 0 Å². The number of hydrogen-bond donors (Lipinski definition) is 1. The van der Waals surface area contributed by atoms with E-state index in [2.05, 4.69) is 10.1 Å². The summed E-state index contributed by atoms with van der Waals surface area (Å²) in [5.41, 5.74) is 2.28. The first kappa shape index (κ1) is 14.6. The number of nitrogens with one attached hydrogen (secondary N) is 1. The van der Waals surface area contributed by atoms with Gasteiger partial charge in [-0.15, -0.1) is 0 Å². The molecule has 0 saturated heterocycles. The number of rotatable bonds is 1. The molecule has 2 aromatic carbocycles. The first-order valence-corrected chi connectivity index (χ1v) is 7.83. The number of H-pyrrole nitrogens is 1. The Hall–Kier alpha value is -2.01. The third-order valence-corrected chi connectivity index (χ3v) is 4.37. The number of benzene rings is 2. The Morgan fingerprint density at radius 3 is 2.48 bits per heavy atom. The molecule has 0 saturated carbocycles. The maximum atomic E-state index is 12.6. The van der Waals surface area contributed by atoms with Crippen LogP contribution in [0.15, 0.2) is 47.3 Å². The summed E-state index contributed by atoms with van der Waals surface area (Å²) < 4.78 is 1.32. The second kappa shape index (κ2) is 5.27. The van der Waals surface area contributed by atoms with Gasteiger partial charge in [0.15, 0.2) is 0 Å². The molecule has 0 atom stereocenters. The van der Waals surface area contributed by atoms with Crippen molar-refractivity contribution in [2.75, 3.05) is 0 Å². The van der Waals surface area contributed by atoms with Crippen LogP contribution >= 0.6 is 34.8 Å². The molecule has 0 aliphatic rings. The van der Waals surface area contributed by atoms with Crippen LogP contribution in [0.5, 0.6) is 0 Å². The van der Waals surface area contributed by atoms with Crippen LogP contribution < -0.4 is 5.56 Å². The molecule has 0 amide bonds. The van der Waals surface area contributed by atoms with Gasteiger partial charge < -0.3 is 4.98 Å². The minimum Gasteiger partial charge on any atom is -0.339 e. The molecule has 2 aromatic heterocycles. The lowest BCUT2D eigenvalue weighted by Gasteiger charge is -2.00. The second-order valence-corrected chi connectivity index (χ2v) is 6.35. The molecule has 0 aliphatic carbocycles. The summed E-state index contributed by atoms with van der Waals surface area (Å²) in [4.78, 5) is 15.7. The quantitative estimate of drug-likeness (QED) is 0.527. The minimum atomic E-state index is -0.221. The van der Waals surface area contributed by atoms with Crippen LogP contribution in [0.3, 0.4) is 0 Å². The lowest BCUT2D eigenvalue weighted by atomic mass is 10.1. The molecule has 4 nitrogen and oxygen atoms in total. The standard InChI is InChI=1S/C16H8Cl3N3O/c17-8-1-3-10(12(19)5-8)14-7-15-20-13-6-9(18)2-4-11(13)16(23)22(15)21-14/h1-7,20H. The van der Waals surface area contributed by atoms with Crippen LogP contribution in [0.1, 0.15) is 0 Å². The molecule has 23 heavy (non-hydrogen) atoms. The first-order valence-electron chi connectivity index (χ1n) is 6.70. The van der Waals surface area contributed by atoms with E-state index in [1.54, 1.807) is 42.5 Å². The summed E-state index contributed by atoms with van der Waals surface area (Å²) in [5, 5.41) is 6.44.